The molecule has 4 rings (SSSR count). The Morgan fingerprint density at radius 3 is 2.42 bits per heavy atom. The molecule has 0 atom stereocenters. The van der Waals surface area contributed by atoms with Crippen LogP contribution in [0.2, 0.25) is 10.0 Å². The number of alkyl halides is 3. The summed E-state index contributed by atoms with van der Waals surface area (Å²) in [5.74, 6) is -2.37. The predicted molar refractivity (Wildman–Crippen MR) is 135 cm³/mol. The van der Waals surface area contributed by atoms with Gasteiger partial charge in [-0.2, -0.15) is 18.3 Å². The fraction of sp³-hybridized carbons (Fsp3) is 0.304. The summed E-state index contributed by atoms with van der Waals surface area (Å²) >= 11 is 12.3. The first-order chi connectivity index (χ1) is 17.5. The van der Waals surface area contributed by atoms with Crippen LogP contribution in [0.15, 0.2) is 36.5 Å². The van der Waals surface area contributed by atoms with E-state index in [1.54, 1.807) is 13.8 Å². The SMILES string of the molecule is Cc1cc(Cl)cc(C(=O)N(C)C2(C)CS(=O)(=O)C2)c1NC(=O)c1cc(C(F)(F)F)nn1-c1ncccc1Cl. The summed E-state index contributed by atoms with van der Waals surface area (Å²) in [6.07, 6.45) is -3.60. The van der Waals surface area contributed by atoms with Gasteiger partial charge in [0.1, 0.15) is 5.69 Å². The normalized spacial score (nSPS) is 16.0. The summed E-state index contributed by atoms with van der Waals surface area (Å²) in [4.78, 5) is 32.0. The molecular weight excluding hydrogens is 570 g/mol. The molecule has 0 spiro atoms. The molecule has 0 unspecified atom stereocenters. The quantitative estimate of drug-likeness (QED) is 0.471. The van der Waals surface area contributed by atoms with E-state index in [4.69, 9.17) is 23.2 Å². The number of carbonyl (C=O) groups is 2. The topological polar surface area (TPSA) is 114 Å². The lowest BCUT2D eigenvalue weighted by molar-refractivity contribution is -0.141. The highest BCUT2D eigenvalue weighted by molar-refractivity contribution is 7.93. The van der Waals surface area contributed by atoms with E-state index < -0.39 is 44.8 Å². The summed E-state index contributed by atoms with van der Waals surface area (Å²) in [6.45, 7) is 3.15. The van der Waals surface area contributed by atoms with Crippen LogP contribution in [0.3, 0.4) is 0 Å². The minimum atomic E-state index is -4.87. The molecule has 15 heteroatoms. The maximum Gasteiger partial charge on any atom is 0.435 e. The highest BCUT2D eigenvalue weighted by Gasteiger charge is 2.49. The lowest BCUT2D eigenvalue weighted by Crippen LogP contribution is -2.63. The van der Waals surface area contributed by atoms with Crippen molar-refractivity contribution in [1.82, 2.24) is 19.7 Å². The molecule has 38 heavy (non-hydrogen) atoms. The van der Waals surface area contributed by atoms with Gasteiger partial charge in [0.15, 0.2) is 21.3 Å². The molecule has 3 aromatic rings. The van der Waals surface area contributed by atoms with Gasteiger partial charge < -0.3 is 10.2 Å². The first kappa shape index (κ1) is 27.9. The van der Waals surface area contributed by atoms with Gasteiger partial charge in [-0.05, 0) is 43.7 Å². The van der Waals surface area contributed by atoms with Crippen molar-refractivity contribution < 1.29 is 31.2 Å². The molecule has 2 aromatic heterocycles. The molecular formula is C23H20Cl2F3N5O4S. The number of nitrogens with one attached hydrogen (secondary N) is 1. The van der Waals surface area contributed by atoms with Gasteiger partial charge >= 0.3 is 6.18 Å². The standard InChI is InChI=1S/C23H20Cl2F3N5O4S/c1-12-7-13(24)8-14(21(35)32(3)22(2)10-38(36,37)11-22)18(12)30-20(34)16-9-17(23(26,27)28)31-33(16)19-15(25)5-4-6-29-19/h4-9H,10-11H2,1-3H3,(H,30,34). The third-order valence-corrected chi connectivity index (χ3v) is 8.75. The van der Waals surface area contributed by atoms with E-state index in [1.807, 2.05) is 0 Å². The van der Waals surface area contributed by atoms with Crippen molar-refractivity contribution in [2.24, 2.45) is 0 Å². The molecule has 0 saturated carbocycles. The van der Waals surface area contributed by atoms with E-state index in [0.717, 1.165) is 0 Å². The second kappa shape index (κ2) is 9.54. The van der Waals surface area contributed by atoms with Gasteiger partial charge in [0.05, 0.1) is 33.3 Å². The fourth-order valence-corrected chi connectivity index (χ4v) is 6.83. The van der Waals surface area contributed by atoms with Crippen LogP contribution in [0, 0.1) is 6.92 Å². The Kier molecular flexibility index (Phi) is 7.00. The Hall–Kier alpha value is -3.16. The highest BCUT2D eigenvalue weighted by Crippen LogP contribution is 2.34. The number of aromatic nitrogens is 3. The number of halogens is 5. The molecule has 1 aromatic carbocycles. The molecule has 1 saturated heterocycles. The van der Waals surface area contributed by atoms with Gasteiger partial charge in [-0.1, -0.05) is 23.2 Å². The van der Waals surface area contributed by atoms with E-state index in [2.05, 4.69) is 15.4 Å². The Labute approximate surface area is 225 Å². The van der Waals surface area contributed by atoms with Crippen molar-refractivity contribution in [3.63, 3.8) is 0 Å². The molecule has 2 amide bonds. The van der Waals surface area contributed by atoms with Crippen molar-refractivity contribution in [2.45, 2.75) is 25.6 Å². The molecule has 0 bridgehead atoms. The van der Waals surface area contributed by atoms with Gasteiger partial charge in [-0.15, -0.1) is 0 Å². The first-order valence-corrected chi connectivity index (χ1v) is 13.5. The highest BCUT2D eigenvalue weighted by atomic mass is 35.5. The number of amides is 2. The smallest absolute Gasteiger partial charge is 0.334 e. The van der Waals surface area contributed by atoms with Gasteiger partial charge in [0.2, 0.25) is 0 Å². The van der Waals surface area contributed by atoms with E-state index in [0.29, 0.717) is 16.3 Å². The summed E-state index contributed by atoms with van der Waals surface area (Å²) in [5, 5.41) is 6.09. The number of pyridine rings is 1. The molecule has 202 valence electrons. The molecule has 9 nitrogen and oxygen atoms in total. The van der Waals surface area contributed by atoms with E-state index in [9.17, 15) is 31.2 Å². The third-order valence-electron chi connectivity index (χ3n) is 6.12. The Bertz CT molecular complexity index is 1560. The van der Waals surface area contributed by atoms with Crippen molar-refractivity contribution in [2.75, 3.05) is 23.9 Å². The number of hydrogen-bond acceptors (Lipinski definition) is 6. The van der Waals surface area contributed by atoms with Crippen LogP contribution in [-0.4, -0.2) is 64.0 Å². The van der Waals surface area contributed by atoms with Crippen LogP contribution >= 0.6 is 23.2 Å². The fourth-order valence-electron chi connectivity index (χ4n) is 4.16. The predicted octanol–water partition coefficient (Wildman–Crippen LogP) is 4.41. The van der Waals surface area contributed by atoms with Gasteiger partial charge in [-0.25, -0.2) is 18.1 Å². The monoisotopic (exact) mass is 589 g/mol. The van der Waals surface area contributed by atoms with Gasteiger partial charge in [0, 0.05) is 24.3 Å². The van der Waals surface area contributed by atoms with Crippen molar-refractivity contribution >= 4 is 50.5 Å². The van der Waals surface area contributed by atoms with Gasteiger partial charge in [-0.3, -0.25) is 9.59 Å². The van der Waals surface area contributed by atoms with E-state index in [-0.39, 0.29) is 38.6 Å². The second-order valence-electron chi connectivity index (χ2n) is 9.13. The summed E-state index contributed by atoms with van der Waals surface area (Å²) in [5.41, 5.74) is -2.64. The molecule has 0 radical (unpaired) electrons. The minimum absolute atomic E-state index is 0.0181. The van der Waals surface area contributed by atoms with E-state index in [1.165, 1.54) is 42.4 Å². The number of sulfone groups is 1. The number of benzene rings is 1. The summed E-state index contributed by atoms with van der Waals surface area (Å²) < 4.78 is 64.7. The lowest BCUT2D eigenvalue weighted by Gasteiger charge is -2.45. The zero-order valence-electron chi connectivity index (χ0n) is 20.1. The summed E-state index contributed by atoms with van der Waals surface area (Å²) in [7, 11) is -1.86. The van der Waals surface area contributed by atoms with Crippen molar-refractivity contribution in [1.29, 1.82) is 0 Å². The maximum atomic E-state index is 13.5. The Morgan fingerprint density at radius 1 is 1.18 bits per heavy atom. The van der Waals surface area contributed by atoms with Crippen molar-refractivity contribution in [3.8, 4) is 5.82 Å². The molecule has 1 N–H and O–H groups in total. The van der Waals surface area contributed by atoms with Crippen molar-refractivity contribution in [3.05, 3.63) is 69.1 Å². The molecule has 1 aliphatic heterocycles. The van der Waals surface area contributed by atoms with Crippen LogP contribution in [0.4, 0.5) is 18.9 Å². The van der Waals surface area contributed by atoms with E-state index >= 15 is 0 Å². The average Bonchev–Trinajstić information content (AvgIpc) is 3.24. The van der Waals surface area contributed by atoms with Crippen LogP contribution < -0.4 is 5.32 Å². The Morgan fingerprint density at radius 2 is 1.84 bits per heavy atom. The average molecular weight is 590 g/mol. The number of hydrogen-bond donors (Lipinski definition) is 1. The second-order valence-corrected chi connectivity index (χ2v) is 12.0. The van der Waals surface area contributed by atoms with Gasteiger partial charge in [0.25, 0.3) is 11.8 Å². The maximum absolute atomic E-state index is 13.5. The zero-order chi connectivity index (χ0) is 28.2. The molecule has 0 aliphatic carbocycles. The summed E-state index contributed by atoms with van der Waals surface area (Å²) in [6, 6.07) is 6.11. The lowest BCUT2D eigenvalue weighted by atomic mass is 10.0. The molecule has 1 aliphatic rings. The zero-order valence-corrected chi connectivity index (χ0v) is 22.4. The number of anilines is 1. The molecule has 3 heterocycles. The largest absolute Gasteiger partial charge is 0.435 e. The number of rotatable bonds is 5. The third kappa shape index (κ3) is 5.22. The number of aryl methyl sites for hydroxylation is 1. The van der Waals surface area contributed by atoms with Crippen LogP contribution in [0.25, 0.3) is 5.82 Å². The number of carbonyl (C=O) groups excluding carboxylic acids is 2. The number of nitrogens with zero attached hydrogens (tertiary/aromatic N) is 4. The Balaban J connectivity index is 1.76. The van der Waals surface area contributed by atoms with Crippen LogP contribution in [0.5, 0.6) is 0 Å². The molecule has 1 fully saturated rings. The van der Waals surface area contributed by atoms with Crippen LogP contribution in [-0.2, 0) is 16.0 Å². The van der Waals surface area contributed by atoms with Crippen LogP contribution in [0.1, 0.15) is 39.0 Å². The first-order valence-electron chi connectivity index (χ1n) is 10.9. The minimum Gasteiger partial charge on any atom is -0.334 e.